The molecular weight excluding hydrogens is 557 g/mol. The van der Waals surface area contributed by atoms with Gasteiger partial charge in [-0.2, -0.15) is 13.2 Å². The number of aliphatic imine (C=N–C) groups is 1. The van der Waals surface area contributed by atoms with Crippen LogP contribution in [-0.4, -0.2) is 72.8 Å². The Labute approximate surface area is 249 Å². The van der Waals surface area contributed by atoms with Gasteiger partial charge in [-0.3, -0.25) is 19.7 Å². The molecule has 1 aromatic heterocycles. The predicted octanol–water partition coefficient (Wildman–Crippen LogP) is 4.73. The second kappa shape index (κ2) is 12.3. The number of likely N-dealkylation sites (N-methyl/N-ethyl adjacent to an activating group) is 1. The largest absolute Gasteiger partial charge is 0.457 e. The summed E-state index contributed by atoms with van der Waals surface area (Å²) in [7, 11) is 2.01. The zero-order valence-corrected chi connectivity index (χ0v) is 24.1. The number of amidine groups is 1. The monoisotopic (exact) mass is 592 g/mol. The molecule has 0 bridgehead atoms. The maximum Gasteiger partial charge on any atom is 0.416 e. The van der Waals surface area contributed by atoms with Crippen LogP contribution >= 0.6 is 0 Å². The van der Waals surface area contributed by atoms with Crippen molar-refractivity contribution in [2.75, 3.05) is 51.6 Å². The van der Waals surface area contributed by atoms with E-state index in [0.717, 1.165) is 55.8 Å². The summed E-state index contributed by atoms with van der Waals surface area (Å²) in [5.41, 5.74) is 2.54. The fourth-order valence-electron chi connectivity index (χ4n) is 5.88. The lowest BCUT2D eigenvalue weighted by atomic mass is 9.83. The first-order chi connectivity index (χ1) is 20.7. The summed E-state index contributed by atoms with van der Waals surface area (Å²) in [6.45, 7) is 4.82. The van der Waals surface area contributed by atoms with Gasteiger partial charge in [0, 0.05) is 63.1 Å². The summed E-state index contributed by atoms with van der Waals surface area (Å²) in [4.78, 5) is 26.2. The minimum absolute atomic E-state index is 0.164. The van der Waals surface area contributed by atoms with Crippen LogP contribution in [0.4, 0.5) is 18.9 Å². The van der Waals surface area contributed by atoms with Gasteiger partial charge >= 0.3 is 6.18 Å². The lowest BCUT2D eigenvalue weighted by Crippen LogP contribution is -2.44. The van der Waals surface area contributed by atoms with Crippen LogP contribution in [0.1, 0.15) is 34.4 Å². The molecule has 3 aromatic rings. The highest BCUT2D eigenvalue weighted by molar-refractivity contribution is 5.98. The molecule has 2 aliphatic heterocycles. The van der Waals surface area contributed by atoms with Crippen molar-refractivity contribution >= 4 is 17.4 Å². The number of nitrogens with zero attached hydrogens (tertiary/aromatic N) is 4. The van der Waals surface area contributed by atoms with E-state index in [1.165, 1.54) is 6.07 Å². The molecule has 1 fully saturated rings. The van der Waals surface area contributed by atoms with Gasteiger partial charge in [-0.1, -0.05) is 12.1 Å². The molecule has 0 spiro atoms. The first-order valence-electron chi connectivity index (χ1n) is 14.7. The van der Waals surface area contributed by atoms with Gasteiger partial charge in [-0.05, 0) is 73.3 Å². The van der Waals surface area contributed by atoms with E-state index in [1.54, 1.807) is 18.3 Å². The number of hydrogen-bond acceptors (Lipinski definition) is 7. The minimum atomic E-state index is -4.51. The predicted molar refractivity (Wildman–Crippen MR) is 159 cm³/mol. The van der Waals surface area contributed by atoms with E-state index < -0.39 is 11.7 Å². The molecule has 3 heterocycles. The average Bonchev–Trinajstić information content (AvgIpc) is 3.54. The van der Waals surface area contributed by atoms with Gasteiger partial charge in [0.1, 0.15) is 23.0 Å². The van der Waals surface area contributed by atoms with Crippen molar-refractivity contribution in [1.82, 2.24) is 20.1 Å². The molecule has 6 rings (SSSR count). The van der Waals surface area contributed by atoms with E-state index >= 15 is 0 Å². The van der Waals surface area contributed by atoms with Crippen molar-refractivity contribution < 1.29 is 22.7 Å². The first-order valence-corrected chi connectivity index (χ1v) is 14.7. The van der Waals surface area contributed by atoms with Crippen LogP contribution in [0, 0.1) is 5.92 Å². The third-order valence-corrected chi connectivity index (χ3v) is 8.33. The minimum Gasteiger partial charge on any atom is -0.457 e. The Morgan fingerprint density at radius 1 is 1.05 bits per heavy atom. The zero-order chi connectivity index (χ0) is 30.0. The number of halogens is 3. The smallest absolute Gasteiger partial charge is 0.416 e. The lowest BCUT2D eigenvalue weighted by Gasteiger charge is -2.33. The Morgan fingerprint density at radius 2 is 1.86 bits per heavy atom. The number of pyridine rings is 1. The van der Waals surface area contributed by atoms with E-state index in [-0.39, 0.29) is 29.6 Å². The Kier molecular flexibility index (Phi) is 8.36. The van der Waals surface area contributed by atoms with Crippen molar-refractivity contribution in [2.24, 2.45) is 10.9 Å². The Bertz CT molecular complexity index is 1520. The van der Waals surface area contributed by atoms with Crippen LogP contribution in [0.2, 0.25) is 0 Å². The highest BCUT2D eigenvalue weighted by Gasteiger charge is 2.35. The molecular formula is C32H35F3N6O2. The molecule has 8 nitrogen and oxygen atoms in total. The molecule has 1 aliphatic carbocycles. The Balaban J connectivity index is 1.12. The number of benzene rings is 2. The molecule has 2 aromatic carbocycles. The van der Waals surface area contributed by atoms with Gasteiger partial charge in [0.2, 0.25) is 5.91 Å². The number of carbonyl (C=O) groups excluding carboxylic acids is 1. The number of aryl methyl sites for hydroxylation is 1. The van der Waals surface area contributed by atoms with Gasteiger partial charge in [0.25, 0.3) is 0 Å². The van der Waals surface area contributed by atoms with E-state index in [2.05, 4.69) is 25.5 Å². The molecule has 1 amide bonds. The Morgan fingerprint density at radius 3 is 2.63 bits per heavy atom. The van der Waals surface area contributed by atoms with Crippen molar-refractivity contribution in [3.8, 4) is 11.5 Å². The number of carbonyl (C=O) groups is 1. The fourth-order valence-corrected chi connectivity index (χ4v) is 5.88. The number of piperazine rings is 1. The normalized spacial score (nSPS) is 19.3. The van der Waals surface area contributed by atoms with Crippen LogP contribution in [-0.2, 0) is 30.4 Å². The number of nitrogens with one attached hydrogen (secondary N) is 2. The van der Waals surface area contributed by atoms with E-state index in [4.69, 9.17) is 4.74 Å². The van der Waals surface area contributed by atoms with Gasteiger partial charge in [-0.25, -0.2) is 0 Å². The molecule has 1 saturated heterocycles. The lowest BCUT2D eigenvalue weighted by molar-refractivity contribution is -0.138. The summed E-state index contributed by atoms with van der Waals surface area (Å²) in [5.74, 6) is 1.38. The highest BCUT2D eigenvalue weighted by Crippen LogP contribution is 2.36. The number of alkyl halides is 3. The summed E-state index contributed by atoms with van der Waals surface area (Å²) in [6, 6.07) is 13.6. The van der Waals surface area contributed by atoms with Crippen molar-refractivity contribution in [3.05, 3.63) is 82.7 Å². The number of anilines is 1. The Hall–Kier alpha value is -3.96. The topological polar surface area (TPSA) is 82.1 Å². The standard InChI is InChI=1S/C32H35F3N6O2/c1-40-12-14-41(15-13-40)20-23-4-6-25(18-28(23)32(33,34)35)39-31(42)22-3-2-21-5-7-26(17-24(21)16-22)43-27-8-9-36-29(19-27)30-37-10-11-38-30/h4-9,17-19,22H,2-3,10-16,20H2,1H3,(H,37,38)(H,39,42). The van der Waals surface area contributed by atoms with E-state index in [1.807, 2.05) is 36.2 Å². The number of ether oxygens (including phenoxy) is 1. The third kappa shape index (κ3) is 7.00. The summed E-state index contributed by atoms with van der Waals surface area (Å²) < 4.78 is 48.2. The highest BCUT2D eigenvalue weighted by atomic mass is 19.4. The van der Waals surface area contributed by atoms with Crippen LogP contribution < -0.4 is 15.4 Å². The number of rotatable bonds is 7. The molecule has 226 valence electrons. The fraction of sp³-hybridized carbons (Fsp3) is 0.406. The van der Waals surface area contributed by atoms with E-state index in [0.29, 0.717) is 43.0 Å². The number of aromatic nitrogens is 1. The first kappa shape index (κ1) is 29.1. The van der Waals surface area contributed by atoms with Gasteiger partial charge in [-0.15, -0.1) is 0 Å². The molecule has 43 heavy (non-hydrogen) atoms. The maximum atomic E-state index is 14.0. The quantitative estimate of drug-likeness (QED) is 0.413. The van der Waals surface area contributed by atoms with Crippen LogP contribution in [0.15, 0.2) is 59.7 Å². The molecule has 1 atom stereocenters. The van der Waals surface area contributed by atoms with Gasteiger partial charge in [0.15, 0.2) is 0 Å². The molecule has 3 aliphatic rings. The van der Waals surface area contributed by atoms with Crippen molar-refractivity contribution in [2.45, 2.75) is 32.0 Å². The van der Waals surface area contributed by atoms with Crippen molar-refractivity contribution in [3.63, 3.8) is 0 Å². The number of fused-ring (bicyclic) bond motifs is 1. The maximum absolute atomic E-state index is 14.0. The summed E-state index contributed by atoms with van der Waals surface area (Å²) in [5, 5.41) is 5.97. The molecule has 1 unspecified atom stereocenters. The zero-order valence-electron chi connectivity index (χ0n) is 24.1. The van der Waals surface area contributed by atoms with Crippen LogP contribution in [0.25, 0.3) is 0 Å². The molecule has 2 N–H and O–H groups in total. The van der Waals surface area contributed by atoms with E-state index in [9.17, 15) is 18.0 Å². The SMILES string of the molecule is CN1CCN(Cc2ccc(NC(=O)C3CCc4ccc(Oc5ccnc(C6=NCCN6)c5)cc4C3)cc2C(F)(F)F)CC1. The summed E-state index contributed by atoms with van der Waals surface area (Å²) >= 11 is 0. The molecule has 11 heteroatoms. The van der Waals surface area contributed by atoms with Crippen LogP contribution in [0.3, 0.4) is 0 Å². The molecule has 0 saturated carbocycles. The van der Waals surface area contributed by atoms with Crippen LogP contribution in [0.5, 0.6) is 11.5 Å². The van der Waals surface area contributed by atoms with Gasteiger partial charge in [0.05, 0.1) is 12.1 Å². The molecule has 0 radical (unpaired) electrons. The number of amides is 1. The average molecular weight is 593 g/mol. The summed E-state index contributed by atoms with van der Waals surface area (Å²) in [6.07, 6.45) is -1.03. The second-order valence-electron chi connectivity index (χ2n) is 11.4. The third-order valence-electron chi connectivity index (χ3n) is 8.33. The second-order valence-corrected chi connectivity index (χ2v) is 11.4. The van der Waals surface area contributed by atoms with Crippen molar-refractivity contribution in [1.29, 1.82) is 0 Å². The van der Waals surface area contributed by atoms with Gasteiger partial charge < -0.3 is 20.3 Å². The number of hydrogen-bond donors (Lipinski definition) is 2.